The lowest BCUT2D eigenvalue weighted by atomic mass is 11.2. The van der Waals surface area contributed by atoms with Gasteiger partial charge in [0.1, 0.15) is 0 Å². The predicted molar refractivity (Wildman–Crippen MR) is 20.7 cm³/mol. The number of aliphatic hydroxyl groups is 1. The molecule has 0 unspecified atom stereocenters. The summed E-state index contributed by atoms with van der Waals surface area (Å²) in [6.07, 6.45) is 0. The molecular formula is C2H3BrO. The fourth-order valence-electron chi connectivity index (χ4n) is 0. The van der Waals surface area contributed by atoms with E-state index in [1.54, 1.807) is 0 Å². The average Bonchev–Trinajstić information content (AvgIpc) is 0.811. The number of aliphatic hydroxyl groups excluding tert-OH is 1. The Morgan fingerprint density at radius 2 is 2.00 bits per heavy atom. The van der Waals surface area contributed by atoms with Crippen LogP contribution in [0.5, 0.6) is 0 Å². The minimum absolute atomic E-state index is 0.0208. The quantitative estimate of drug-likeness (QED) is 0.482. The minimum Gasteiger partial charge on any atom is -0.502 e. The Balaban J connectivity index is 2.80. The van der Waals surface area contributed by atoms with Crippen LogP contribution in [0.4, 0.5) is 0 Å². The van der Waals surface area contributed by atoms with Crippen LogP contribution in [0.1, 0.15) is 0 Å². The third-order valence-electron chi connectivity index (χ3n) is 0. The lowest BCUT2D eigenvalue weighted by Crippen LogP contribution is -1.45. The predicted octanol–water partition coefficient (Wildman–Crippen LogP) is 1.41. The van der Waals surface area contributed by atoms with Crippen LogP contribution in [-0.4, -0.2) is 5.11 Å². The first kappa shape index (κ1) is 4.02. The van der Waals surface area contributed by atoms with E-state index in [0.29, 0.717) is 0 Å². The molecule has 0 heterocycles. The Bertz CT molecular complexity index is 29.0. The minimum atomic E-state index is -0.0208. The molecule has 0 aromatic heterocycles. The van der Waals surface area contributed by atoms with Gasteiger partial charge in [0.2, 0.25) is 0 Å². The number of rotatable bonds is 0. The van der Waals surface area contributed by atoms with Gasteiger partial charge in [-0.05, 0) is 22.5 Å². The molecule has 0 radical (unpaired) electrons. The maximum atomic E-state index is 7.78. The van der Waals surface area contributed by atoms with Gasteiger partial charge in [-0.25, -0.2) is 0 Å². The monoisotopic (exact) mass is 122 g/mol. The van der Waals surface area contributed by atoms with Crippen molar-refractivity contribution in [3.8, 4) is 0 Å². The summed E-state index contributed by atoms with van der Waals surface area (Å²) < 4.78 is -0.0208. The van der Waals surface area contributed by atoms with E-state index >= 15 is 0 Å². The third kappa shape index (κ3) is 5250. The summed E-state index contributed by atoms with van der Waals surface area (Å²) in [6.45, 7) is 3.03. The maximum absolute atomic E-state index is 7.78. The molecule has 0 amide bonds. The Kier molecular flexibility index (Phi) is 1.36. The first-order valence-corrected chi connectivity index (χ1v) is 1.56. The Morgan fingerprint density at radius 3 is 2.00 bits per heavy atom. The van der Waals surface area contributed by atoms with Gasteiger partial charge in [-0.15, -0.1) is 0 Å². The van der Waals surface area contributed by atoms with E-state index in [-0.39, 0.29) is 4.67 Å². The molecule has 0 aliphatic carbocycles. The summed E-state index contributed by atoms with van der Waals surface area (Å²) in [5.74, 6) is 0. The molecule has 0 aromatic rings. The van der Waals surface area contributed by atoms with Crippen molar-refractivity contribution in [2.24, 2.45) is 0 Å². The first-order valence-electron chi connectivity index (χ1n) is 0.766. The van der Waals surface area contributed by atoms with Crippen molar-refractivity contribution in [1.82, 2.24) is 0 Å². The standard InChI is InChI=1S/C2H3BrO/c1-2(3)4/h4H,1H2. The zero-order valence-corrected chi connectivity index (χ0v) is 3.62. The van der Waals surface area contributed by atoms with Crippen molar-refractivity contribution in [3.05, 3.63) is 11.2 Å². The van der Waals surface area contributed by atoms with Crippen LogP contribution in [-0.2, 0) is 0 Å². The molecule has 0 rings (SSSR count). The van der Waals surface area contributed by atoms with Crippen molar-refractivity contribution in [2.45, 2.75) is 0 Å². The second kappa shape index (κ2) is 1.35. The highest BCUT2D eigenvalue weighted by atomic mass is 79.9. The topological polar surface area (TPSA) is 20.2 Å². The fraction of sp³-hybridized carbons (Fsp3) is 0. The highest BCUT2D eigenvalue weighted by molar-refractivity contribution is 9.11. The van der Waals surface area contributed by atoms with Crippen LogP contribution >= 0.6 is 15.9 Å². The van der Waals surface area contributed by atoms with Gasteiger partial charge in [-0.2, -0.15) is 0 Å². The van der Waals surface area contributed by atoms with Gasteiger partial charge in [0, 0.05) is 0 Å². The zero-order valence-electron chi connectivity index (χ0n) is 2.03. The lowest BCUT2D eigenvalue weighted by molar-refractivity contribution is 0.463. The molecular weight excluding hydrogens is 120 g/mol. The molecule has 0 spiro atoms. The molecule has 1 N–H and O–H groups in total. The molecule has 2 heteroatoms. The van der Waals surface area contributed by atoms with Crippen LogP contribution in [0.2, 0.25) is 0 Å². The van der Waals surface area contributed by atoms with Crippen molar-refractivity contribution < 1.29 is 5.11 Å². The summed E-state index contributed by atoms with van der Waals surface area (Å²) in [7, 11) is 0. The van der Waals surface area contributed by atoms with Gasteiger partial charge < -0.3 is 5.11 Å². The Hall–Kier alpha value is 0.0200. The van der Waals surface area contributed by atoms with Crippen LogP contribution in [0.15, 0.2) is 11.2 Å². The average molecular weight is 123 g/mol. The van der Waals surface area contributed by atoms with Crippen LogP contribution < -0.4 is 0 Å². The Morgan fingerprint density at radius 1 is 2.00 bits per heavy atom. The highest BCUT2D eigenvalue weighted by Gasteiger charge is 1.57. The van der Waals surface area contributed by atoms with Gasteiger partial charge >= 0.3 is 0 Å². The molecule has 0 aliphatic heterocycles. The number of hydrogen-bond acceptors (Lipinski definition) is 1. The maximum Gasteiger partial charge on any atom is 0.151 e. The number of halogens is 1. The van der Waals surface area contributed by atoms with Crippen LogP contribution in [0.3, 0.4) is 0 Å². The fourth-order valence-corrected chi connectivity index (χ4v) is 0. The molecule has 24 valence electrons. The van der Waals surface area contributed by atoms with E-state index in [1.807, 2.05) is 0 Å². The second-order valence-corrected chi connectivity index (χ2v) is 1.29. The smallest absolute Gasteiger partial charge is 0.151 e. The first-order chi connectivity index (χ1) is 1.73. The van der Waals surface area contributed by atoms with E-state index in [1.165, 1.54) is 0 Å². The van der Waals surface area contributed by atoms with Crippen molar-refractivity contribution >= 4 is 15.9 Å². The SMILES string of the molecule is C=C(O)Br. The molecule has 0 aliphatic rings. The van der Waals surface area contributed by atoms with E-state index in [4.69, 9.17) is 5.11 Å². The molecule has 4 heavy (non-hydrogen) atoms. The van der Waals surface area contributed by atoms with Gasteiger partial charge in [-0.1, -0.05) is 0 Å². The van der Waals surface area contributed by atoms with Gasteiger partial charge in [0.05, 0.1) is 0 Å². The third-order valence-corrected chi connectivity index (χ3v) is 0. The highest BCUT2D eigenvalue weighted by Crippen LogP contribution is 1.88. The normalized spacial score (nSPS) is 6.25. The van der Waals surface area contributed by atoms with E-state index in [9.17, 15) is 0 Å². The molecule has 0 bridgehead atoms. The molecule has 0 saturated carbocycles. The van der Waals surface area contributed by atoms with Crippen LogP contribution in [0, 0.1) is 0 Å². The van der Waals surface area contributed by atoms with Crippen molar-refractivity contribution in [1.29, 1.82) is 0 Å². The number of hydrogen-bond donors (Lipinski definition) is 1. The zero-order chi connectivity index (χ0) is 3.58. The Labute approximate surface area is 33.1 Å². The summed E-state index contributed by atoms with van der Waals surface area (Å²) in [5, 5.41) is 7.78. The van der Waals surface area contributed by atoms with E-state index in [2.05, 4.69) is 22.5 Å². The second-order valence-electron chi connectivity index (χ2n) is 0.376. The summed E-state index contributed by atoms with van der Waals surface area (Å²) >= 11 is 2.63. The summed E-state index contributed by atoms with van der Waals surface area (Å²) in [4.78, 5) is 0. The van der Waals surface area contributed by atoms with Gasteiger partial charge in [0.15, 0.2) is 4.67 Å². The molecule has 0 aromatic carbocycles. The van der Waals surface area contributed by atoms with Crippen LogP contribution in [0.25, 0.3) is 0 Å². The van der Waals surface area contributed by atoms with Crippen molar-refractivity contribution in [3.63, 3.8) is 0 Å². The summed E-state index contributed by atoms with van der Waals surface area (Å²) in [5.41, 5.74) is 0. The lowest BCUT2D eigenvalue weighted by Gasteiger charge is -1.65. The summed E-state index contributed by atoms with van der Waals surface area (Å²) in [6, 6.07) is 0. The van der Waals surface area contributed by atoms with Gasteiger partial charge in [0.25, 0.3) is 0 Å². The van der Waals surface area contributed by atoms with Crippen molar-refractivity contribution in [2.75, 3.05) is 0 Å². The van der Waals surface area contributed by atoms with Gasteiger partial charge in [-0.3, -0.25) is 0 Å². The van der Waals surface area contributed by atoms with E-state index < -0.39 is 0 Å². The molecule has 0 fully saturated rings. The van der Waals surface area contributed by atoms with E-state index in [0.717, 1.165) is 0 Å². The molecule has 1 nitrogen and oxygen atoms in total. The largest absolute Gasteiger partial charge is 0.502 e. The molecule has 0 saturated heterocycles. The molecule has 0 atom stereocenters.